The summed E-state index contributed by atoms with van der Waals surface area (Å²) in [6, 6.07) is 7.93. The minimum Gasteiger partial charge on any atom is -0.394 e. The maximum Gasteiger partial charge on any atom is 0.254 e. The van der Waals surface area contributed by atoms with Gasteiger partial charge in [-0.1, -0.05) is 26.8 Å². The molecule has 1 unspecified atom stereocenters. The highest BCUT2D eigenvalue weighted by Crippen LogP contribution is 2.17. The van der Waals surface area contributed by atoms with E-state index in [1.54, 1.807) is 30.0 Å². The van der Waals surface area contributed by atoms with Crippen molar-refractivity contribution in [1.29, 1.82) is 0 Å². The summed E-state index contributed by atoms with van der Waals surface area (Å²) in [6.07, 6.45) is 0.798. The normalized spacial score (nSPS) is 13.6. The van der Waals surface area contributed by atoms with Gasteiger partial charge in [0.05, 0.1) is 18.8 Å². The molecular formula is C28H39F2N3O4. The fourth-order valence-corrected chi connectivity index (χ4v) is 4.31. The summed E-state index contributed by atoms with van der Waals surface area (Å²) in [5.74, 6) is -2.11. The number of hydrogen-bond acceptors (Lipinski definition) is 5. The van der Waals surface area contributed by atoms with Crippen LogP contribution in [0.15, 0.2) is 42.5 Å². The predicted octanol–water partition coefficient (Wildman–Crippen LogP) is 3.37. The lowest BCUT2D eigenvalue weighted by atomic mass is 10.00. The molecule has 0 bridgehead atoms. The molecule has 0 radical (unpaired) electrons. The van der Waals surface area contributed by atoms with Crippen LogP contribution >= 0.6 is 0 Å². The molecule has 0 saturated carbocycles. The van der Waals surface area contributed by atoms with E-state index >= 15 is 0 Å². The number of amides is 2. The first kappa shape index (κ1) is 30.3. The van der Waals surface area contributed by atoms with Gasteiger partial charge in [0, 0.05) is 42.9 Å². The summed E-state index contributed by atoms with van der Waals surface area (Å²) in [5.41, 5.74) is 7.04. The number of hydrogen-bond donors (Lipinski definition) is 3. The monoisotopic (exact) mass is 519 g/mol. The molecule has 0 aliphatic heterocycles. The van der Waals surface area contributed by atoms with E-state index in [0.29, 0.717) is 25.1 Å². The van der Waals surface area contributed by atoms with Crippen LogP contribution in [0.1, 0.15) is 66.3 Å². The van der Waals surface area contributed by atoms with Gasteiger partial charge < -0.3 is 25.7 Å². The van der Waals surface area contributed by atoms with Gasteiger partial charge in [0.15, 0.2) is 0 Å². The molecule has 2 aromatic rings. The molecule has 3 atom stereocenters. The van der Waals surface area contributed by atoms with E-state index in [9.17, 15) is 28.6 Å². The standard InChI is InChI=1S/C28H39F2N3O4/c1-4-10-32(11-5-2)27(36)20-8-7-9-21(15-20)28(37)33(24(6-3)18-34)17-26(35)25(31)14-19-12-22(29)16-23(30)13-19/h7-9,12-13,15-16,24-26,34-35H,4-6,10-11,14,17-18,31H2,1-3H3/t24?,25-,26+/m0/s1. The van der Waals surface area contributed by atoms with Crippen LogP contribution in [0, 0.1) is 11.6 Å². The molecule has 4 N–H and O–H groups in total. The molecule has 2 amide bonds. The van der Waals surface area contributed by atoms with Gasteiger partial charge in [-0.25, -0.2) is 8.78 Å². The van der Waals surface area contributed by atoms with Crippen LogP contribution in [0.4, 0.5) is 8.78 Å². The van der Waals surface area contributed by atoms with Crippen LogP contribution in [-0.4, -0.2) is 76.3 Å². The number of nitrogens with two attached hydrogens (primary N) is 1. The van der Waals surface area contributed by atoms with E-state index < -0.39 is 35.7 Å². The van der Waals surface area contributed by atoms with E-state index in [4.69, 9.17) is 5.73 Å². The van der Waals surface area contributed by atoms with Crippen LogP contribution in [0.2, 0.25) is 0 Å². The molecule has 0 fully saturated rings. The van der Waals surface area contributed by atoms with Gasteiger partial charge in [-0.2, -0.15) is 0 Å². The van der Waals surface area contributed by atoms with E-state index in [2.05, 4.69) is 0 Å². The van der Waals surface area contributed by atoms with Crippen molar-refractivity contribution >= 4 is 11.8 Å². The van der Waals surface area contributed by atoms with Gasteiger partial charge in [-0.3, -0.25) is 9.59 Å². The molecule has 2 aromatic carbocycles. The Hall–Kier alpha value is -2.88. The second kappa shape index (κ2) is 14.8. The number of carbonyl (C=O) groups excluding carboxylic acids is 2. The van der Waals surface area contributed by atoms with Gasteiger partial charge in [0.2, 0.25) is 0 Å². The van der Waals surface area contributed by atoms with Gasteiger partial charge >= 0.3 is 0 Å². The molecule has 37 heavy (non-hydrogen) atoms. The van der Waals surface area contributed by atoms with Crippen molar-refractivity contribution in [2.24, 2.45) is 5.73 Å². The minimum atomic E-state index is -1.23. The SMILES string of the molecule is CCCN(CCC)C(=O)c1cccc(C(=O)N(C[C@@H](O)[C@@H](N)Cc2cc(F)cc(F)c2)C(CC)CO)c1. The quantitative estimate of drug-likeness (QED) is 0.355. The Morgan fingerprint density at radius 1 is 0.946 bits per heavy atom. The average molecular weight is 520 g/mol. The molecule has 0 aliphatic carbocycles. The Morgan fingerprint density at radius 2 is 1.51 bits per heavy atom. The van der Waals surface area contributed by atoms with E-state index in [0.717, 1.165) is 31.0 Å². The number of aliphatic hydroxyl groups excluding tert-OH is 2. The molecule has 7 nitrogen and oxygen atoms in total. The highest BCUT2D eigenvalue weighted by Gasteiger charge is 2.29. The maximum atomic E-state index is 13.6. The molecule has 204 valence electrons. The molecule has 2 rings (SSSR count). The second-order valence-electron chi connectivity index (χ2n) is 9.29. The molecule has 0 aliphatic rings. The maximum absolute atomic E-state index is 13.6. The van der Waals surface area contributed by atoms with Crippen LogP contribution < -0.4 is 5.73 Å². The third-order valence-corrected chi connectivity index (χ3v) is 6.29. The van der Waals surface area contributed by atoms with Crippen molar-refractivity contribution in [3.05, 3.63) is 70.8 Å². The van der Waals surface area contributed by atoms with Crippen molar-refractivity contribution in [3.63, 3.8) is 0 Å². The lowest BCUT2D eigenvalue weighted by Gasteiger charge is -2.33. The van der Waals surface area contributed by atoms with Gasteiger partial charge in [0.1, 0.15) is 11.6 Å². The lowest BCUT2D eigenvalue weighted by Crippen LogP contribution is -2.51. The summed E-state index contributed by atoms with van der Waals surface area (Å²) in [6.45, 7) is 6.47. The summed E-state index contributed by atoms with van der Waals surface area (Å²) in [5, 5.41) is 20.7. The van der Waals surface area contributed by atoms with E-state index in [1.807, 2.05) is 13.8 Å². The van der Waals surface area contributed by atoms with Crippen molar-refractivity contribution in [2.75, 3.05) is 26.2 Å². The number of carbonyl (C=O) groups is 2. The average Bonchev–Trinajstić information content (AvgIpc) is 2.87. The van der Waals surface area contributed by atoms with E-state index in [1.165, 1.54) is 11.0 Å². The van der Waals surface area contributed by atoms with Crippen LogP contribution in [0.5, 0.6) is 0 Å². The van der Waals surface area contributed by atoms with Gasteiger partial charge in [-0.05, 0) is 61.6 Å². The van der Waals surface area contributed by atoms with Crippen molar-refractivity contribution < 1.29 is 28.6 Å². The van der Waals surface area contributed by atoms with Gasteiger partial charge in [-0.15, -0.1) is 0 Å². The Morgan fingerprint density at radius 3 is 2.03 bits per heavy atom. The smallest absolute Gasteiger partial charge is 0.254 e. The van der Waals surface area contributed by atoms with Crippen LogP contribution in [0.3, 0.4) is 0 Å². The number of halogens is 2. The van der Waals surface area contributed by atoms with Crippen molar-refractivity contribution in [3.8, 4) is 0 Å². The third kappa shape index (κ3) is 8.59. The molecule has 0 saturated heterocycles. The summed E-state index contributed by atoms with van der Waals surface area (Å²) in [4.78, 5) is 29.7. The molecule has 9 heteroatoms. The fourth-order valence-electron chi connectivity index (χ4n) is 4.31. The second-order valence-corrected chi connectivity index (χ2v) is 9.29. The number of benzene rings is 2. The largest absolute Gasteiger partial charge is 0.394 e. The highest BCUT2D eigenvalue weighted by molar-refractivity contribution is 5.99. The van der Waals surface area contributed by atoms with Crippen LogP contribution in [0.25, 0.3) is 0 Å². The summed E-state index contributed by atoms with van der Waals surface area (Å²) >= 11 is 0. The first-order chi connectivity index (χ1) is 17.6. The van der Waals surface area contributed by atoms with Crippen molar-refractivity contribution in [1.82, 2.24) is 9.80 Å². The first-order valence-electron chi connectivity index (χ1n) is 12.8. The molecule has 0 aromatic heterocycles. The minimum absolute atomic E-state index is 0.0114. The molecule has 0 spiro atoms. The first-order valence-corrected chi connectivity index (χ1v) is 12.8. The summed E-state index contributed by atoms with van der Waals surface area (Å²) < 4.78 is 27.1. The Kier molecular flexibility index (Phi) is 12.1. The van der Waals surface area contributed by atoms with Gasteiger partial charge in [0.25, 0.3) is 11.8 Å². The molecular weight excluding hydrogens is 480 g/mol. The number of aliphatic hydroxyl groups is 2. The Balaban J connectivity index is 2.26. The number of nitrogens with zero attached hydrogens (tertiary/aromatic N) is 2. The third-order valence-electron chi connectivity index (χ3n) is 6.29. The Bertz CT molecular complexity index is 1010. The summed E-state index contributed by atoms with van der Waals surface area (Å²) in [7, 11) is 0. The highest BCUT2D eigenvalue weighted by atomic mass is 19.1. The lowest BCUT2D eigenvalue weighted by molar-refractivity contribution is 0.0351. The zero-order valence-corrected chi connectivity index (χ0v) is 21.9. The van der Waals surface area contributed by atoms with E-state index in [-0.39, 0.29) is 36.6 Å². The Labute approximate surface area is 217 Å². The zero-order chi connectivity index (χ0) is 27.5. The fraction of sp³-hybridized carbons (Fsp3) is 0.500. The van der Waals surface area contributed by atoms with Crippen molar-refractivity contribution in [2.45, 2.75) is 64.6 Å². The zero-order valence-electron chi connectivity index (χ0n) is 21.9. The number of rotatable bonds is 14. The predicted molar refractivity (Wildman–Crippen MR) is 139 cm³/mol. The van der Waals surface area contributed by atoms with Crippen LogP contribution in [-0.2, 0) is 6.42 Å². The topological polar surface area (TPSA) is 107 Å². The molecule has 0 heterocycles.